The second-order valence-corrected chi connectivity index (χ2v) is 3.44. The summed E-state index contributed by atoms with van der Waals surface area (Å²) in [5.41, 5.74) is 6.52. The number of ether oxygens (including phenoxy) is 2. The highest BCUT2D eigenvalue weighted by atomic mass is 16.5. The molecule has 0 aliphatic carbocycles. The first-order valence-electron chi connectivity index (χ1n) is 5.23. The van der Waals surface area contributed by atoms with Crippen LogP contribution in [0.25, 0.3) is 0 Å². The summed E-state index contributed by atoms with van der Waals surface area (Å²) in [6.07, 6.45) is 0.956. The number of rotatable bonds is 6. The highest BCUT2D eigenvalue weighted by Gasteiger charge is 2.07. The lowest BCUT2D eigenvalue weighted by atomic mass is 10.1. The van der Waals surface area contributed by atoms with Gasteiger partial charge in [-0.15, -0.1) is 0 Å². The van der Waals surface area contributed by atoms with Crippen molar-refractivity contribution in [2.45, 2.75) is 20.0 Å². The van der Waals surface area contributed by atoms with Crippen LogP contribution in [0.2, 0.25) is 0 Å². The fraction of sp³-hybridized carbons (Fsp3) is 0.417. The second-order valence-electron chi connectivity index (χ2n) is 3.44. The molecule has 88 valence electrons. The lowest BCUT2D eigenvalue weighted by Gasteiger charge is -2.09. The van der Waals surface area contributed by atoms with Crippen LogP contribution in [0.15, 0.2) is 18.2 Å². The smallest absolute Gasteiger partial charge is 0.248 e. The lowest BCUT2D eigenvalue weighted by Crippen LogP contribution is -2.11. The van der Waals surface area contributed by atoms with Gasteiger partial charge in [0.15, 0.2) is 0 Å². The molecule has 0 aliphatic rings. The maximum atomic E-state index is 11.0. The first-order valence-corrected chi connectivity index (χ1v) is 5.23. The van der Waals surface area contributed by atoms with Gasteiger partial charge in [0.05, 0.1) is 13.7 Å². The number of amides is 1. The monoisotopic (exact) mass is 223 g/mol. The van der Waals surface area contributed by atoms with Gasteiger partial charge in [-0.25, -0.2) is 0 Å². The number of methoxy groups -OCH3 is 1. The normalized spacial score (nSPS) is 10.1. The van der Waals surface area contributed by atoms with E-state index in [2.05, 4.69) is 0 Å². The summed E-state index contributed by atoms with van der Waals surface area (Å²) in [6.45, 7) is 3.15. The molecule has 1 aromatic carbocycles. The van der Waals surface area contributed by atoms with Crippen LogP contribution in [-0.4, -0.2) is 19.6 Å². The van der Waals surface area contributed by atoms with Crippen LogP contribution in [0.1, 0.15) is 29.3 Å². The predicted octanol–water partition coefficient (Wildman–Crippen LogP) is 1.72. The molecular formula is C12H17NO3. The fourth-order valence-electron chi connectivity index (χ4n) is 1.37. The van der Waals surface area contributed by atoms with Gasteiger partial charge in [-0.2, -0.15) is 0 Å². The van der Waals surface area contributed by atoms with Crippen LogP contribution in [0.5, 0.6) is 5.75 Å². The van der Waals surface area contributed by atoms with E-state index in [1.807, 2.05) is 6.92 Å². The zero-order chi connectivity index (χ0) is 12.0. The first-order chi connectivity index (χ1) is 7.69. The molecule has 0 spiro atoms. The first kappa shape index (κ1) is 12.5. The minimum absolute atomic E-state index is 0.429. The molecule has 4 nitrogen and oxygen atoms in total. The van der Waals surface area contributed by atoms with E-state index in [1.54, 1.807) is 25.3 Å². The molecule has 0 aromatic heterocycles. The average Bonchev–Trinajstić information content (AvgIpc) is 2.29. The molecule has 1 aromatic rings. The highest BCUT2D eigenvalue weighted by Crippen LogP contribution is 2.20. The average molecular weight is 223 g/mol. The minimum atomic E-state index is -0.445. The van der Waals surface area contributed by atoms with Gasteiger partial charge in [-0.05, 0) is 24.6 Å². The van der Waals surface area contributed by atoms with Gasteiger partial charge >= 0.3 is 0 Å². The van der Waals surface area contributed by atoms with Gasteiger partial charge in [0.1, 0.15) is 5.75 Å². The Morgan fingerprint density at radius 3 is 2.75 bits per heavy atom. The molecule has 1 amide bonds. The molecule has 0 bridgehead atoms. The summed E-state index contributed by atoms with van der Waals surface area (Å²) in [5, 5.41) is 0. The van der Waals surface area contributed by atoms with Gasteiger partial charge < -0.3 is 15.2 Å². The van der Waals surface area contributed by atoms with Crippen LogP contribution in [0.4, 0.5) is 0 Å². The summed E-state index contributed by atoms with van der Waals surface area (Å²) in [7, 11) is 1.59. The number of benzene rings is 1. The Kier molecular flexibility index (Phi) is 4.79. The van der Waals surface area contributed by atoms with Crippen molar-refractivity contribution in [3.05, 3.63) is 29.3 Å². The zero-order valence-electron chi connectivity index (χ0n) is 9.66. The van der Waals surface area contributed by atoms with Crippen molar-refractivity contribution >= 4 is 5.91 Å². The van der Waals surface area contributed by atoms with Crippen LogP contribution >= 0.6 is 0 Å². The van der Waals surface area contributed by atoms with E-state index in [4.69, 9.17) is 15.2 Å². The molecule has 0 unspecified atom stereocenters. The van der Waals surface area contributed by atoms with E-state index in [-0.39, 0.29) is 0 Å². The van der Waals surface area contributed by atoms with Gasteiger partial charge in [0, 0.05) is 17.7 Å². The molecule has 0 saturated heterocycles. The molecule has 16 heavy (non-hydrogen) atoms. The molecular weight excluding hydrogens is 206 g/mol. The molecule has 0 heterocycles. The largest absolute Gasteiger partial charge is 0.496 e. The minimum Gasteiger partial charge on any atom is -0.496 e. The van der Waals surface area contributed by atoms with Crippen molar-refractivity contribution in [1.82, 2.24) is 0 Å². The van der Waals surface area contributed by atoms with Crippen LogP contribution in [-0.2, 0) is 11.3 Å². The van der Waals surface area contributed by atoms with Gasteiger partial charge in [0.2, 0.25) is 5.91 Å². The van der Waals surface area contributed by atoms with Gasteiger partial charge in [-0.3, -0.25) is 4.79 Å². The van der Waals surface area contributed by atoms with E-state index in [0.717, 1.165) is 12.0 Å². The number of carbonyl (C=O) groups excluding carboxylic acids is 1. The standard InChI is InChI=1S/C12H17NO3/c1-3-6-16-8-10-7-9(12(13)14)4-5-11(10)15-2/h4-5,7H,3,6,8H2,1-2H3,(H2,13,14). The summed E-state index contributed by atoms with van der Waals surface area (Å²) in [6, 6.07) is 5.08. The molecule has 0 aliphatic heterocycles. The van der Waals surface area contributed by atoms with E-state index < -0.39 is 5.91 Å². The SMILES string of the molecule is CCCOCc1cc(C(N)=O)ccc1OC. The van der Waals surface area contributed by atoms with Crippen molar-refractivity contribution in [2.75, 3.05) is 13.7 Å². The highest BCUT2D eigenvalue weighted by molar-refractivity contribution is 5.93. The van der Waals surface area contributed by atoms with Gasteiger partial charge in [-0.1, -0.05) is 6.92 Å². The van der Waals surface area contributed by atoms with Crippen molar-refractivity contribution in [3.63, 3.8) is 0 Å². The molecule has 0 atom stereocenters. The summed E-state index contributed by atoms with van der Waals surface area (Å²) < 4.78 is 10.6. The number of primary amides is 1. The Hall–Kier alpha value is -1.55. The maximum absolute atomic E-state index is 11.0. The third-order valence-electron chi connectivity index (χ3n) is 2.17. The number of hydrogen-bond donors (Lipinski definition) is 1. The Balaban J connectivity index is 2.84. The van der Waals surface area contributed by atoms with Crippen molar-refractivity contribution in [3.8, 4) is 5.75 Å². The third-order valence-corrected chi connectivity index (χ3v) is 2.17. The number of carbonyl (C=O) groups is 1. The summed E-state index contributed by atoms with van der Waals surface area (Å²) in [5.74, 6) is 0.264. The quantitative estimate of drug-likeness (QED) is 0.747. The fourth-order valence-corrected chi connectivity index (χ4v) is 1.37. The lowest BCUT2D eigenvalue weighted by molar-refractivity contribution is 0.0999. The molecule has 4 heteroatoms. The van der Waals surface area contributed by atoms with Crippen molar-refractivity contribution < 1.29 is 14.3 Å². The van der Waals surface area contributed by atoms with E-state index >= 15 is 0 Å². The zero-order valence-corrected chi connectivity index (χ0v) is 9.66. The molecule has 0 fully saturated rings. The van der Waals surface area contributed by atoms with E-state index in [1.165, 1.54) is 0 Å². The molecule has 2 N–H and O–H groups in total. The Morgan fingerprint density at radius 2 is 2.19 bits per heavy atom. The van der Waals surface area contributed by atoms with Crippen LogP contribution in [0, 0.1) is 0 Å². The van der Waals surface area contributed by atoms with E-state index in [9.17, 15) is 4.79 Å². The van der Waals surface area contributed by atoms with E-state index in [0.29, 0.717) is 24.5 Å². The third kappa shape index (κ3) is 3.24. The van der Waals surface area contributed by atoms with Crippen molar-refractivity contribution in [1.29, 1.82) is 0 Å². The summed E-state index contributed by atoms with van der Waals surface area (Å²) in [4.78, 5) is 11.0. The second kappa shape index (κ2) is 6.12. The molecule has 1 rings (SSSR count). The Labute approximate surface area is 95.3 Å². The van der Waals surface area contributed by atoms with Crippen LogP contribution < -0.4 is 10.5 Å². The summed E-state index contributed by atoms with van der Waals surface area (Å²) >= 11 is 0. The topological polar surface area (TPSA) is 61.5 Å². The Morgan fingerprint density at radius 1 is 1.44 bits per heavy atom. The number of nitrogens with two attached hydrogens (primary N) is 1. The Bertz CT molecular complexity index is 363. The van der Waals surface area contributed by atoms with Crippen molar-refractivity contribution in [2.24, 2.45) is 5.73 Å². The molecule has 0 saturated carbocycles. The molecule has 0 radical (unpaired) electrons. The number of hydrogen-bond acceptors (Lipinski definition) is 3. The predicted molar refractivity (Wildman–Crippen MR) is 61.5 cm³/mol. The van der Waals surface area contributed by atoms with Gasteiger partial charge in [0.25, 0.3) is 0 Å². The van der Waals surface area contributed by atoms with Crippen LogP contribution in [0.3, 0.4) is 0 Å². The maximum Gasteiger partial charge on any atom is 0.248 e.